The predicted octanol–water partition coefficient (Wildman–Crippen LogP) is 4.18. The second-order valence-corrected chi connectivity index (χ2v) is 4.78. The number of phenolic OH excluding ortho intramolecular Hbond substituents is 1. The van der Waals surface area contributed by atoms with E-state index in [1.807, 2.05) is 30.3 Å². The van der Waals surface area contributed by atoms with E-state index >= 15 is 0 Å². The molecule has 0 atom stereocenters. The van der Waals surface area contributed by atoms with Gasteiger partial charge >= 0.3 is 0 Å². The number of rotatable bonds is 3. The minimum atomic E-state index is 0.236. The summed E-state index contributed by atoms with van der Waals surface area (Å²) in [5.41, 5.74) is 2.78. The van der Waals surface area contributed by atoms with Crippen LogP contribution in [-0.2, 0) is 0 Å². The van der Waals surface area contributed by atoms with Gasteiger partial charge in [-0.1, -0.05) is 23.7 Å². The highest BCUT2D eigenvalue weighted by Crippen LogP contribution is 2.24. The summed E-state index contributed by atoms with van der Waals surface area (Å²) in [6, 6.07) is 16.3. The number of halogens is 1. The summed E-state index contributed by atoms with van der Waals surface area (Å²) >= 11 is 5.87. The molecule has 0 aliphatic heterocycles. The lowest BCUT2D eigenvalue weighted by molar-refractivity contribution is 0.475. The second-order valence-electron chi connectivity index (χ2n) is 4.35. The van der Waals surface area contributed by atoms with Crippen molar-refractivity contribution < 1.29 is 5.11 Å². The lowest BCUT2D eigenvalue weighted by atomic mass is 10.1. The molecule has 0 unspecified atom stereocenters. The molecular weight excluding hydrogens is 274 g/mol. The Hall–Kier alpha value is -2.46. The van der Waals surface area contributed by atoms with Crippen molar-refractivity contribution >= 4 is 23.1 Å². The Bertz CT molecular complexity index is 705. The Labute approximate surface area is 121 Å². The maximum Gasteiger partial charge on any atom is 0.152 e. The first-order chi connectivity index (χ1) is 9.70. The van der Waals surface area contributed by atoms with Crippen molar-refractivity contribution in [1.29, 1.82) is 0 Å². The van der Waals surface area contributed by atoms with E-state index in [2.05, 4.69) is 15.5 Å². The summed E-state index contributed by atoms with van der Waals surface area (Å²) < 4.78 is 0. The molecule has 3 rings (SSSR count). The largest absolute Gasteiger partial charge is 0.508 e. The number of nitrogens with one attached hydrogen (secondary N) is 2. The normalized spacial score (nSPS) is 10.4. The number of hydrogen-bond acceptors (Lipinski definition) is 3. The average Bonchev–Trinajstić information content (AvgIpc) is 2.91. The molecule has 0 saturated heterocycles. The summed E-state index contributed by atoms with van der Waals surface area (Å²) in [4.78, 5) is 0. The number of aromatic amines is 1. The van der Waals surface area contributed by atoms with Gasteiger partial charge in [-0.2, -0.15) is 5.10 Å². The van der Waals surface area contributed by atoms with Gasteiger partial charge in [0.05, 0.1) is 5.69 Å². The number of aromatic hydroxyl groups is 1. The van der Waals surface area contributed by atoms with Crippen LogP contribution in [0.1, 0.15) is 0 Å². The molecule has 1 aromatic heterocycles. The summed E-state index contributed by atoms with van der Waals surface area (Å²) in [6.45, 7) is 0. The number of anilines is 2. The molecule has 20 heavy (non-hydrogen) atoms. The highest BCUT2D eigenvalue weighted by atomic mass is 35.5. The van der Waals surface area contributed by atoms with Crippen molar-refractivity contribution in [1.82, 2.24) is 10.2 Å². The van der Waals surface area contributed by atoms with Crippen LogP contribution >= 0.6 is 11.6 Å². The Morgan fingerprint density at radius 3 is 2.40 bits per heavy atom. The first-order valence-electron chi connectivity index (χ1n) is 6.08. The SMILES string of the molecule is Oc1ccc(Nc2cc(-c3ccc(Cl)cc3)[nH]n2)cc1. The Morgan fingerprint density at radius 1 is 1.00 bits per heavy atom. The van der Waals surface area contributed by atoms with Crippen LogP contribution in [-0.4, -0.2) is 15.3 Å². The first kappa shape index (κ1) is 12.6. The van der Waals surface area contributed by atoms with E-state index in [9.17, 15) is 5.11 Å². The van der Waals surface area contributed by atoms with Gasteiger partial charge < -0.3 is 10.4 Å². The highest BCUT2D eigenvalue weighted by molar-refractivity contribution is 6.30. The monoisotopic (exact) mass is 285 g/mol. The number of hydrogen-bond donors (Lipinski definition) is 3. The molecule has 1 heterocycles. The van der Waals surface area contributed by atoms with Gasteiger partial charge in [0, 0.05) is 16.8 Å². The number of H-pyrrole nitrogens is 1. The van der Waals surface area contributed by atoms with Crippen LogP contribution in [0, 0.1) is 0 Å². The fourth-order valence-corrected chi connectivity index (χ4v) is 1.98. The van der Waals surface area contributed by atoms with Crippen LogP contribution in [0.25, 0.3) is 11.3 Å². The summed E-state index contributed by atoms with van der Waals surface area (Å²) in [5, 5.41) is 20.3. The summed E-state index contributed by atoms with van der Waals surface area (Å²) in [6.07, 6.45) is 0. The molecule has 2 aromatic carbocycles. The third-order valence-electron chi connectivity index (χ3n) is 2.87. The molecule has 0 spiro atoms. The standard InChI is InChI=1S/C15H12ClN3O/c16-11-3-1-10(2-4-11)14-9-15(19-18-14)17-12-5-7-13(20)8-6-12/h1-9,20H,(H2,17,18,19). The minimum Gasteiger partial charge on any atom is -0.508 e. The molecule has 0 bridgehead atoms. The number of nitrogens with zero attached hydrogens (tertiary/aromatic N) is 1. The zero-order valence-electron chi connectivity index (χ0n) is 10.5. The van der Waals surface area contributed by atoms with E-state index in [0.29, 0.717) is 10.8 Å². The van der Waals surface area contributed by atoms with Gasteiger partial charge in [0.15, 0.2) is 5.82 Å². The van der Waals surface area contributed by atoms with Gasteiger partial charge in [-0.05, 0) is 42.0 Å². The van der Waals surface area contributed by atoms with E-state index in [0.717, 1.165) is 16.9 Å². The molecule has 0 saturated carbocycles. The number of benzene rings is 2. The highest BCUT2D eigenvalue weighted by Gasteiger charge is 2.04. The van der Waals surface area contributed by atoms with Crippen LogP contribution < -0.4 is 5.32 Å². The molecule has 0 amide bonds. The Balaban J connectivity index is 1.80. The van der Waals surface area contributed by atoms with Crippen molar-refractivity contribution in [3.8, 4) is 17.0 Å². The van der Waals surface area contributed by atoms with Crippen LogP contribution in [0.2, 0.25) is 5.02 Å². The maximum atomic E-state index is 9.24. The third kappa shape index (κ3) is 2.75. The minimum absolute atomic E-state index is 0.236. The van der Waals surface area contributed by atoms with Crippen LogP contribution in [0.15, 0.2) is 54.6 Å². The topological polar surface area (TPSA) is 60.9 Å². The summed E-state index contributed by atoms with van der Waals surface area (Å²) in [7, 11) is 0. The molecule has 0 aliphatic carbocycles. The van der Waals surface area contributed by atoms with Crippen LogP contribution in [0.3, 0.4) is 0 Å². The molecular formula is C15H12ClN3O. The number of aromatic nitrogens is 2. The molecule has 5 heteroatoms. The zero-order valence-corrected chi connectivity index (χ0v) is 11.2. The van der Waals surface area contributed by atoms with Crippen molar-refractivity contribution in [2.24, 2.45) is 0 Å². The average molecular weight is 286 g/mol. The van der Waals surface area contributed by atoms with E-state index in [-0.39, 0.29) is 5.75 Å². The molecule has 100 valence electrons. The molecule has 0 radical (unpaired) electrons. The van der Waals surface area contributed by atoms with Gasteiger partial charge in [0.1, 0.15) is 5.75 Å². The van der Waals surface area contributed by atoms with E-state index in [4.69, 9.17) is 11.6 Å². The predicted molar refractivity (Wildman–Crippen MR) is 80.4 cm³/mol. The van der Waals surface area contributed by atoms with Gasteiger partial charge in [-0.25, -0.2) is 0 Å². The van der Waals surface area contributed by atoms with Gasteiger partial charge in [-0.15, -0.1) is 0 Å². The lowest BCUT2D eigenvalue weighted by Gasteiger charge is -2.01. The fraction of sp³-hybridized carbons (Fsp3) is 0. The van der Waals surface area contributed by atoms with Crippen molar-refractivity contribution in [3.63, 3.8) is 0 Å². The fourth-order valence-electron chi connectivity index (χ4n) is 1.86. The molecule has 0 aliphatic rings. The van der Waals surface area contributed by atoms with Crippen molar-refractivity contribution in [2.45, 2.75) is 0 Å². The summed E-state index contributed by atoms with van der Waals surface area (Å²) in [5.74, 6) is 0.945. The lowest BCUT2D eigenvalue weighted by Crippen LogP contribution is -1.89. The molecule has 3 aromatic rings. The van der Waals surface area contributed by atoms with E-state index in [1.54, 1.807) is 24.3 Å². The van der Waals surface area contributed by atoms with E-state index < -0.39 is 0 Å². The van der Waals surface area contributed by atoms with Crippen LogP contribution in [0.4, 0.5) is 11.5 Å². The molecule has 4 nitrogen and oxygen atoms in total. The first-order valence-corrected chi connectivity index (χ1v) is 6.46. The smallest absolute Gasteiger partial charge is 0.152 e. The van der Waals surface area contributed by atoms with Crippen LogP contribution in [0.5, 0.6) is 5.75 Å². The zero-order chi connectivity index (χ0) is 13.9. The van der Waals surface area contributed by atoms with Gasteiger partial charge in [-0.3, -0.25) is 5.10 Å². The molecule has 3 N–H and O–H groups in total. The maximum absolute atomic E-state index is 9.24. The number of phenols is 1. The van der Waals surface area contributed by atoms with Gasteiger partial charge in [0.2, 0.25) is 0 Å². The van der Waals surface area contributed by atoms with Gasteiger partial charge in [0.25, 0.3) is 0 Å². The Morgan fingerprint density at radius 2 is 1.70 bits per heavy atom. The Kier molecular flexibility index (Phi) is 3.31. The second kappa shape index (κ2) is 5.27. The quantitative estimate of drug-likeness (QED) is 0.633. The van der Waals surface area contributed by atoms with E-state index in [1.165, 1.54) is 0 Å². The molecule has 0 fully saturated rings. The third-order valence-corrected chi connectivity index (χ3v) is 3.12. The van der Waals surface area contributed by atoms with Crippen molar-refractivity contribution in [3.05, 3.63) is 59.6 Å². The van der Waals surface area contributed by atoms with Crippen molar-refractivity contribution in [2.75, 3.05) is 5.32 Å².